The van der Waals surface area contributed by atoms with Crippen LogP contribution in [0.3, 0.4) is 0 Å². The van der Waals surface area contributed by atoms with Gasteiger partial charge in [-0.25, -0.2) is 4.98 Å². The average Bonchev–Trinajstić information content (AvgIpc) is 3.28. The van der Waals surface area contributed by atoms with Crippen LogP contribution in [-0.4, -0.2) is 31.2 Å². The number of carbonyl (C=O) groups excluding carboxylic acids is 1. The molecule has 28 heavy (non-hydrogen) atoms. The molecule has 7 heteroatoms. The molecule has 4 rings (SSSR count). The molecule has 0 spiro atoms. The van der Waals surface area contributed by atoms with Crippen LogP contribution in [0.4, 0.5) is 5.82 Å². The molecule has 0 saturated heterocycles. The monoisotopic (exact) mass is 375 g/mol. The van der Waals surface area contributed by atoms with E-state index in [4.69, 9.17) is 13.9 Å². The van der Waals surface area contributed by atoms with Crippen molar-refractivity contribution in [1.82, 2.24) is 4.98 Å². The highest BCUT2D eigenvalue weighted by atomic mass is 16.5. The van der Waals surface area contributed by atoms with Crippen LogP contribution in [0.5, 0.6) is 5.75 Å². The number of nitriles is 1. The van der Waals surface area contributed by atoms with E-state index in [1.165, 1.54) is 6.26 Å². The zero-order valence-electron chi connectivity index (χ0n) is 15.2. The standard InChI is InChI=1S/C21H17N3O4/c1-26-17-5-4-15(13-6-9-27-10-7-13)16-11-14(12-22)20(23-19(16)17)24-21(25)18-3-2-8-28-18/h2-6,8,11H,7,9-10H2,1H3,(H,23,24,25). The first kappa shape index (κ1) is 17.8. The van der Waals surface area contributed by atoms with E-state index in [0.717, 1.165) is 22.9 Å². The Morgan fingerprint density at radius 3 is 2.93 bits per heavy atom. The van der Waals surface area contributed by atoms with Crippen LogP contribution in [0.25, 0.3) is 16.5 Å². The largest absolute Gasteiger partial charge is 0.494 e. The number of ether oxygens (including phenoxy) is 2. The van der Waals surface area contributed by atoms with Crippen LogP contribution >= 0.6 is 0 Å². The van der Waals surface area contributed by atoms with Crippen LogP contribution in [0, 0.1) is 11.3 Å². The van der Waals surface area contributed by atoms with Gasteiger partial charge in [-0.1, -0.05) is 12.1 Å². The number of aromatic nitrogens is 1. The third kappa shape index (κ3) is 3.21. The molecule has 0 atom stereocenters. The predicted octanol–water partition coefficient (Wildman–Crippen LogP) is 3.76. The summed E-state index contributed by atoms with van der Waals surface area (Å²) in [5.74, 6) is 0.381. The number of rotatable bonds is 4. The molecule has 3 aromatic rings. The van der Waals surface area contributed by atoms with E-state index in [0.29, 0.717) is 24.5 Å². The van der Waals surface area contributed by atoms with E-state index in [1.54, 1.807) is 25.3 Å². The number of amides is 1. The van der Waals surface area contributed by atoms with E-state index >= 15 is 0 Å². The second kappa shape index (κ2) is 7.55. The van der Waals surface area contributed by atoms with Gasteiger partial charge in [0.25, 0.3) is 5.91 Å². The molecule has 0 aliphatic carbocycles. The van der Waals surface area contributed by atoms with Crippen LogP contribution in [0.1, 0.15) is 28.1 Å². The maximum Gasteiger partial charge on any atom is 0.292 e. The molecule has 140 valence electrons. The zero-order chi connectivity index (χ0) is 19.5. The summed E-state index contributed by atoms with van der Waals surface area (Å²) in [5.41, 5.74) is 2.94. The highest BCUT2D eigenvalue weighted by Gasteiger charge is 2.19. The van der Waals surface area contributed by atoms with E-state index in [1.807, 2.05) is 18.2 Å². The summed E-state index contributed by atoms with van der Waals surface area (Å²) >= 11 is 0. The first-order chi connectivity index (χ1) is 13.7. The van der Waals surface area contributed by atoms with Gasteiger partial charge < -0.3 is 19.2 Å². The van der Waals surface area contributed by atoms with Crippen LogP contribution in [-0.2, 0) is 4.74 Å². The van der Waals surface area contributed by atoms with Crippen molar-refractivity contribution < 1.29 is 18.7 Å². The molecule has 0 bridgehead atoms. The van der Waals surface area contributed by atoms with Gasteiger partial charge in [-0.15, -0.1) is 0 Å². The molecule has 0 saturated carbocycles. The summed E-state index contributed by atoms with van der Waals surface area (Å²) < 4.78 is 16.0. The van der Waals surface area contributed by atoms with Gasteiger partial charge >= 0.3 is 0 Å². The molecule has 3 heterocycles. The fourth-order valence-electron chi connectivity index (χ4n) is 3.21. The Bertz CT molecular complexity index is 1110. The van der Waals surface area contributed by atoms with E-state index in [2.05, 4.69) is 16.4 Å². The quantitative estimate of drug-likeness (QED) is 0.746. The van der Waals surface area contributed by atoms with Crippen molar-refractivity contribution >= 4 is 28.2 Å². The van der Waals surface area contributed by atoms with Gasteiger partial charge in [-0.2, -0.15) is 5.26 Å². The maximum atomic E-state index is 12.3. The molecule has 1 aromatic carbocycles. The lowest BCUT2D eigenvalue weighted by molar-refractivity contribution is 0.0996. The van der Waals surface area contributed by atoms with Gasteiger partial charge in [0.1, 0.15) is 17.3 Å². The Balaban J connectivity index is 1.85. The highest BCUT2D eigenvalue weighted by Crippen LogP contribution is 2.35. The smallest absolute Gasteiger partial charge is 0.292 e. The number of hydrogen-bond donors (Lipinski definition) is 1. The second-order valence-corrected chi connectivity index (χ2v) is 6.19. The van der Waals surface area contributed by atoms with Gasteiger partial charge in [0.05, 0.1) is 32.2 Å². The number of pyridine rings is 1. The lowest BCUT2D eigenvalue weighted by Crippen LogP contribution is -2.13. The minimum absolute atomic E-state index is 0.138. The topological polar surface area (TPSA) is 97.4 Å². The molecule has 0 radical (unpaired) electrons. The minimum Gasteiger partial charge on any atom is -0.494 e. The van der Waals surface area contributed by atoms with Crippen molar-refractivity contribution in [3.8, 4) is 11.8 Å². The van der Waals surface area contributed by atoms with Gasteiger partial charge in [-0.05, 0) is 41.8 Å². The molecule has 2 aromatic heterocycles. The SMILES string of the molecule is COc1ccc(C2=CCOCC2)c2cc(C#N)c(NC(=O)c3ccco3)nc12. The van der Waals surface area contributed by atoms with Crippen molar-refractivity contribution in [2.75, 3.05) is 25.6 Å². The van der Waals surface area contributed by atoms with Crippen molar-refractivity contribution in [2.45, 2.75) is 6.42 Å². The van der Waals surface area contributed by atoms with Gasteiger partial charge in [0.15, 0.2) is 11.6 Å². The number of fused-ring (bicyclic) bond motifs is 1. The molecule has 1 aliphatic heterocycles. The first-order valence-corrected chi connectivity index (χ1v) is 8.75. The first-order valence-electron chi connectivity index (χ1n) is 8.75. The lowest BCUT2D eigenvalue weighted by Gasteiger charge is -2.17. The number of benzene rings is 1. The molecule has 1 aliphatic rings. The summed E-state index contributed by atoms with van der Waals surface area (Å²) in [6.07, 6.45) is 4.22. The van der Waals surface area contributed by atoms with Crippen LogP contribution in [0.2, 0.25) is 0 Å². The average molecular weight is 375 g/mol. The number of nitrogens with one attached hydrogen (secondary N) is 1. The van der Waals surface area contributed by atoms with Crippen molar-refractivity contribution in [3.63, 3.8) is 0 Å². The fraction of sp³-hybridized carbons (Fsp3) is 0.190. The number of nitrogens with zero attached hydrogens (tertiary/aromatic N) is 2. The number of hydrogen-bond acceptors (Lipinski definition) is 6. The fourth-order valence-corrected chi connectivity index (χ4v) is 3.21. The summed E-state index contributed by atoms with van der Waals surface area (Å²) in [4.78, 5) is 16.9. The van der Waals surface area contributed by atoms with E-state index < -0.39 is 5.91 Å². The molecule has 7 nitrogen and oxygen atoms in total. The minimum atomic E-state index is -0.476. The van der Waals surface area contributed by atoms with Crippen LogP contribution < -0.4 is 10.1 Å². The zero-order valence-corrected chi connectivity index (χ0v) is 15.2. The number of methoxy groups -OCH3 is 1. The van der Waals surface area contributed by atoms with Gasteiger partial charge in [0, 0.05) is 5.39 Å². The molecule has 1 amide bonds. The van der Waals surface area contributed by atoms with Gasteiger partial charge in [-0.3, -0.25) is 4.79 Å². The second-order valence-electron chi connectivity index (χ2n) is 6.19. The highest BCUT2D eigenvalue weighted by molar-refractivity contribution is 6.04. The van der Waals surface area contributed by atoms with Crippen LogP contribution in [0.15, 0.2) is 47.1 Å². The summed E-state index contributed by atoms with van der Waals surface area (Å²) in [5, 5.41) is 13.1. The lowest BCUT2D eigenvalue weighted by atomic mass is 9.96. The van der Waals surface area contributed by atoms with Gasteiger partial charge in [0.2, 0.25) is 0 Å². The molecular weight excluding hydrogens is 358 g/mol. The molecule has 0 fully saturated rings. The predicted molar refractivity (Wildman–Crippen MR) is 103 cm³/mol. The molecule has 1 N–H and O–H groups in total. The summed E-state index contributed by atoms with van der Waals surface area (Å²) in [6, 6.07) is 10.8. The Kier molecular flexibility index (Phi) is 4.79. The maximum absolute atomic E-state index is 12.3. The Morgan fingerprint density at radius 1 is 1.36 bits per heavy atom. The third-order valence-corrected chi connectivity index (χ3v) is 4.57. The Hall–Kier alpha value is -3.63. The summed E-state index contributed by atoms with van der Waals surface area (Å²) in [7, 11) is 1.56. The Morgan fingerprint density at radius 2 is 2.25 bits per heavy atom. The van der Waals surface area contributed by atoms with Crippen molar-refractivity contribution in [2.24, 2.45) is 0 Å². The normalized spacial score (nSPS) is 13.6. The Labute approximate surface area is 161 Å². The molecular formula is C21H17N3O4. The summed E-state index contributed by atoms with van der Waals surface area (Å²) in [6.45, 7) is 1.20. The van der Waals surface area contributed by atoms with Crippen molar-refractivity contribution in [3.05, 3.63) is 59.6 Å². The number of anilines is 1. The van der Waals surface area contributed by atoms with E-state index in [-0.39, 0.29) is 17.1 Å². The third-order valence-electron chi connectivity index (χ3n) is 4.57. The van der Waals surface area contributed by atoms with E-state index in [9.17, 15) is 10.1 Å². The molecule has 0 unspecified atom stereocenters. The number of furan rings is 1. The number of carbonyl (C=O) groups is 1. The van der Waals surface area contributed by atoms with Crippen molar-refractivity contribution in [1.29, 1.82) is 5.26 Å².